The Morgan fingerprint density at radius 1 is 0.900 bits per heavy atom. The van der Waals surface area contributed by atoms with E-state index in [4.69, 9.17) is 4.74 Å². The van der Waals surface area contributed by atoms with Crippen LogP contribution in [0.15, 0.2) is 48.5 Å². The summed E-state index contributed by atoms with van der Waals surface area (Å²) in [5.74, 6) is 1.78. The maximum absolute atomic E-state index is 5.90. The third-order valence-corrected chi connectivity index (χ3v) is 3.22. The second-order valence-corrected chi connectivity index (χ2v) is 4.92. The fraction of sp³-hybridized carbons (Fsp3) is 0.333. The van der Waals surface area contributed by atoms with Crippen LogP contribution in [0.1, 0.15) is 31.4 Å². The van der Waals surface area contributed by atoms with E-state index < -0.39 is 0 Å². The quantitative estimate of drug-likeness (QED) is 0.745. The Labute approximate surface area is 121 Å². The first-order valence-electron chi connectivity index (χ1n) is 7.38. The second-order valence-electron chi connectivity index (χ2n) is 4.92. The highest BCUT2D eigenvalue weighted by atomic mass is 16.5. The van der Waals surface area contributed by atoms with Crippen molar-refractivity contribution in [3.63, 3.8) is 0 Å². The molecule has 1 N–H and O–H groups in total. The summed E-state index contributed by atoms with van der Waals surface area (Å²) in [6.45, 7) is 6.26. The zero-order valence-electron chi connectivity index (χ0n) is 12.4. The molecule has 2 rings (SSSR count). The van der Waals surface area contributed by atoms with Gasteiger partial charge >= 0.3 is 0 Å². The van der Waals surface area contributed by atoms with Crippen molar-refractivity contribution in [1.29, 1.82) is 0 Å². The summed E-state index contributed by atoms with van der Waals surface area (Å²) in [5, 5.41) is 3.40. The fourth-order valence-corrected chi connectivity index (χ4v) is 2.06. The average Bonchev–Trinajstić information content (AvgIpc) is 2.49. The van der Waals surface area contributed by atoms with Crippen molar-refractivity contribution in [3.05, 3.63) is 59.7 Å². The molecule has 0 saturated carbocycles. The molecule has 0 amide bonds. The smallest absolute Gasteiger partial charge is 0.127 e. The molecule has 0 atom stereocenters. The van der Waals surface area contributed by atoms with Crippen LogP contribution in [0.2, 0.25) is 0 Å². The first-order chi connectivity index (χ1) is 9.81. The number of nitrogens with one attached hydrogen (secondary N) is 1. The summed E-state index contributed by atoms with van der Waals surface area (Å²) in [5.41, 5.74) is 2.58. The van der Waals surface area contributed by atoms with Crippen molar-refractivity contribution in [1.82, 2.24) is 5.32 Å². The predicted octanol–water partition coefficient (Wildman–Crippen LogP) is 4.54. The van der Waals surface area contributed by atoms with E-state index in [0.29, 0.717) is 0 Å². The van der Waals surface area contributed by atoms with Crippen LogP contribution >= 0.6 is 0 Å². The number of rotatable bonds is 7. The Bertz CT molecular complexity index is 519. The molecule has 0 heterocycles. The van der Waals surface area contributed by atoms with Crippen LogP contribution in [-0.2, 0) is 13.0 Å². The number of benzene rings is 2. The Kier molecular flexibility index (Phi) is 5.63. The van der Waals surface area contributed by atoms with Crippen LogP contribution in [0.4, 0.5) is 0 Å². The van der Waals surface area contributed by atoms with E-state index in [1.165, 1.54) is 11.1 Å². The summed E-state index contributed by atoms with van der Waals surface area (Å²) in [6, 6.07) is 16.5. The molecule has 0 radical (unpaired) electrons. The Morgan fingerprint density at radius 2 is 1.70 bits per heavy atom. The summed E-state index contributed by atoms with van der Waals surface area (Å²) >= 11 is 0. The van der Waals surface area contributed by atoms with Crippen molar-refractivity contribution in [2.45, 2.75) is 33.2 Å². The molecule has 0 aromatic heterocycles. The van der Waals surface area contributed by atoms with Gasteiger partial charge in [0.15, 0.2) is 0 Å². The zero-order valence-corrected chi connectivity index (χ0v) is 12.4. The average molecular weight is 269 g/mol. The molecule has 2 nitrogen and oxygen atoms in total. The summed E-state index contributed by atoms with van der Waals surface area (Å²) in [4.78, 5) is 0. The lowest BCUT2D eigenvalue weighted by molar-refractivity contribution is 0.481. The largest absolute Gasteiger partial charge is 0.457 e. The number of ether oxygens (including phenoxy) is 1. The SMILES string of the molecule is CCCNCc1cccc(Oc2ccc(CC)cc2)c1. The van der Waals surface area contributed by atoms with Crippen LogP contribution in [0.25, 0.3) is 0 Å². The van der Waals surface area contributed by atoms with Crippen LogP contribution < -0.4 is 10.1 Å². The minimum atomic E-state index is 0.889. The lowest BCUT2D eigenvalue weighted by atomic mass is 10.2. The molecule has 2 aromatic carbocycles. The molecule has 20 heavy (non-hydrogen) atoms. The van der Waals surface area contributed by atoms with Crippen molar-refractivity contribution in [3.8, 4) is 11.5 Å². The summed E-state index contributed by atoms with van der Waals surface area (Å²) in [6.07, 6.45) is 2.21. The molecular weight excluding hydrogens is 246 g/mol. The van der Waals surface area contributed by atoms with Crippen molar-refractivity contribution < 1.29 is 4.74 Å². The summed E-state index contributed by atoms with van der Waals surface area (Å²) < 4.78 is 5.90. The zero-order chi connectivity index (χ0) is 14.2. The van der Waals surface area contributed by atoms with Gasteiger partial charge in [-0.25, -0.2) is 0 Å². The normalized spacial score (nSPS) is 10.5. The minimum Gasteiger partial charge on any atom is -0.457 e. The van der Waals surface area contributed by atoms with Gasteiger partial charge in [0.05, 0.1) is 0 Å². The van der Waals surface area contributed by atoms with Crippen LogP contribution in [-0.4, -0.2) is 6.54 Å². The monoisotopic (exact) mass is 269 g/mol. The molecule has 0 unspecified atom stereocenters. The molecule has 0 fully saturated rings. The molecule has 0 aliphatic heterocycles. The lowest BCUT2D eigenvalue weighted by Gasteiger charge is -2.09. The first-order valence-corrected chi connectivity index (χ1v) is 7.38. The number of hydrogen-bond donors (Lipinski definition) is 1. The summed E-state index contributed by atoms with van der Waals surface area (Å²) in [7, 11) is 0. The fourth-order valence-electron chi connectivity index (χ4n) is 2.06. The van der Waals surface area contributed by atoms with Crippen molar-refractivity contribution >= 4 is 0 Å². The van der Waals surface area contributed by atoms with E-state index in [9.17, 15) is 0 Å². The molecule has 0 bridgehead atoms. The van der Waals surface area contributed by atoms with Gasteiger partial charge < -0.3 is 10.1 Å². The van der Waals surface area contributed by atoms with Crippen molar-refractivity contribution in [2.75, 3.05) is 6.54 Å². The molecule has 106 valence electrons. The molecule has 0 aliphatic rings. The van der Waals surface area contributed by atoms with E-state index in [1.807, 2.05) is 24.3 Å². The molecule has 0 aliphatic carbocycles. The highest BCUT2D eigenvalue weighted by molar-refractivity contribution is 5.35. The van der Waals surface area contributed by atoms with E-state index in [1.54, 1.807) is 0 Å². The van der Waals surface area contributed by atoms with Gasteiger partial charge in [0.1, 0.15) is 11.5 Å². The molecule has 2 aromatic rings. The van der Waals surface area contributed by atoms with Gasteiger partial charge in [0.2, 0.25) is 0 Å². The molecule has 0 spiro atoms. The molecular formula is C18H23NO. The molecule has 2 heteroatoms. The Balaban J connectivity index is 1.99. The highest BCUT2D eigenvalue weighted by Gasteiger charge is 1.99. The Morgan fingerprint density at radius 3 is 2.40 bits per heavy atom. The van der Waals surface area contributed by atoms with Gasteiger partial charge in [-0.1, -0.05) is 38.1 Å². The topological polar surface area (TPSA) is 21.3 Å². The van der Waals surface area contributed by atoms with Gasteiger partial charge in [0.25, 0.3) is 0 Å². The van der Waals surface area contributed by atoms with E-state index in [0.717, 1.165) is 37.4 Å². The first kappa shape index (κ1) is 14.6. The third-order valence-electron chi connectivity index (χ3n) is 3.22. The van der Waals surface area contributed by atoms with Gasteiger partial charge in [0, 0.05) is 6.54 Å². The van der Waals surface area contributed by atoms with Gasteiger partial charge in [-0.3, -0.25) is 0 Å². The van der Waals surface area contributed by atoms with Gasteiger partial charge in [-0.15, -0.1) is 0 Å². The van der Waals surface area contributed by atoms with E-state index >= 15 is 0 Å². The maximum atomic E-state index is 5.90. The standard InChI is InChI=1S/C18H23NO/c1-3-12-19-14-16-6-5-7-18(13-16)20-17-10-8-15(4-2)9-11-17/h5-11,13,19H,3-4,12,14H2,1-2H3. The number of hydrogen-bond acceptors (Lipinski definition) is 2. The van der Waals surface area contributed by atoms with Gasteiger partial charge in [-0.2, -0.15) is 0 Å². The Hall–Kier alpha value is -1.80. The number of aryl methyl sites for hydroxylation is 1. The van der Waals surface area contributed by atoms with Crippen LogP contribution in [0, 0.1) is 0 Å². The van der Waals surface area contributed by atoms with Crippen LogP contribution in [0.5, 0.6) is 11.5 Å². The molecule has 0 saturated heterocycles. The highest BCUT2D eigenvalue weighted by Crippen LogP contribution is 2.22. The maximum Gasteiger partial charge on any atom is 0.127 e. The van der Waals surface area contributed by atoms with Crippen LogP contribution in [0.3, 0.4) is 0 Å². The van der Waals surface area contributed by atoms with Crippen molar-refractivity contribution in [2.24, 2.45) is 0 Å². The van der Waals surface area contributed by atoms with Gasteiger partial charge in [-0.05, 0) is 54.8 Å². The third kappa shape index (κ3) is 4.39. The minimum absolute atomic E-state index is 0.889. The van der Waals surface area contributed by atoms with E-state index in [-0.39, 0.29) is 0 Å². The predicted molar refractivity (Wildman–Crippen MR) is 84.3 cm³/mol. The van der Waals surface area contributed by atoms with E-state index in [2.05, 4.69) is 43.4 Å². The lowest BCUT2D eigenvalue weighted by Crippen LogP contribution is -2.13. The second kappa shape index (κ2) is 7.71.